The quantitative estimate of drug-likeness (QED) is 0.522. The smallest absolute Gasteiger partial charge is 0.275 e. The Morgan fingerprint density at radius 1 is 1.31 bits per heavy atom. The number of thioether (sulfide) groups is 1. The fourth-order valence-electron chi connectivity index (χ4n) is 3.17. The summed E-state index contributed by atoms with van der Waals surface area (Å²) in [5, 5.41) is 3.33. The summed E-state index contributed by atoms with van der Waals surface area (Å²) in [6.07, 6.45) is 4.18. The number of rotatable bonds is 6. The second-order valence-electron chi connectivity index (χ2n) is 6.72. The predicted molar refractivity (Wildman–Crippen MR) is 115 cm³/mol. The van der Waals surface area contributed by atoms with Gasteiger partial charge in [-0.05, 0) is 49.8 Å². The summed E-state index contributed by atoms with van der Waals surface area (Å²) >= 11 is 7.47. The number of sulfonamides is 1. The van der Waals surface area contributed by atoms with Gasteiger partial charge in [0.15, 0.2) is 10.9 Å². The number of halogens is 1. The van der Waals surface area contributed by atoms with Crippen molar-refractivity contribution in [1.82, 2.24) is 14.3 Å². The van der Waals surface area contributed by atoms with Gasteiger partial charge in [-0.25, -0.2) is 18.4 Å². The summed E-state index contributed by atoms with van der Waals surface area (Å²) in [5.41, 5.74) is 0.538. The minimum absolute atomic E-state index is 0.0109. The van der Waals surface area contributed by atoms with E-state index in [9.17, 15) is 13.2 Å². The molecular formula is C19H23ClN4O3S2. The highest BCUT2D eigenvalue weighted by atomic mass is 35.5. The average molecular weight is 455 g/mol. The van der Waals surface area contributed by atoms with Crippen LogP contribution in [-0.2, 0) is 10.0 Å². The summed E-state index contributed by atoms with van der Waals surface area (Å²) < 4.78 is 27.3. The zero-order valence-corrected chi connectivity index (χ0v) is 18.6. The number of nitrogens with one attached hydrogen (secondary N) is 1. The molecule has 0 aliphatic carbocycles. The van der Waals surface area contributed by atoms with Crippen molar-refractivity contribution in [1.29, 1.82) is 0 Å². The number of carbonyl (C=O) groups excluding carboxylic acids is 1. The Morgan fingerprint density at radius 2 is 2.03 bits per heavy atom. The normalized spacial score (nSPS) is 17.8. The molecule has 1 amide bonds. The molecule has 0 spiro atoms. The molecule has 1 fully saturated rings. The van der Waals surface area contributed by atoms with Crippen molar-refractivity contribution < 1.29 is 13.2 Å². The molecule has 1 atom stereocenters. The molecule has 1 aromatic carbocycles. The first-order valence-corrected chi connectivity index (χ1v) is 12.2. The third kappa shape index (κ3) is 5.09. The minimum Gasteiger partial charge on any atom is -0.321 e. The minimum atomic E-state index is -3.55. The molecule has 1 saturated heterocycles. The van der Waals surface area contributed by atoms with E-state index in [1.54, 1.807) is 16.4 Å². The van der Waals surface area contributed by atoms with Crippen LogP contribution in [0.25, 0.3) is 0 Å². The monoisotopic (exact) mass is 454 g/mol. The van der Waals surface area contributed by atoms with Crippen molar-refractivity contribution in [3.8, 4) is 0 Å². The standard InChI is InChI=1S/C19H23ClN4O3S2/c1-3-28-19-21-12-16(20)17(23-19)18(25)22-14-7-9-15(10-8-14)29(26,27)24-11-5-4-6-13(24)2/h7-10,12-13H,3-6,11H2,1-2H3,(H,22,25). The van der Waals surface area contributed by atoms with E-state index in [2.05, 4.69) is 15.3 Å². The van der Waals surface area contributed by atoms with Gasteiger partial charge in [0.25, 0.3) is 5.91 Å². The van der Waals surface area contributed by atoms with Crippen LogP contribution in [0.4, 0.5) is 5.69 Å². The number of carbonyl (C=O) groups is 1. The molecule has 1 aliphatic heterocycles. The lowest BCUT2D eigenvalue weighted by Crippen LogP contribution is -2.41. The van der Waals surface area contributed by atoms with Gasteiger partial charge in [-0.15, -0.1) is 0 Å². The average Bonchev–Trinajstić information content (AvgIpc) is 2.70. The van der Waals surface area contributed by atoms with Gasteiger partial charge in [0, 0.05) is 18.3 Å². The Hall–Kier alpha value is -1.68. The van der Waals surface area contributed by atoms with E-state index >= 15 is 0 Å². The zero-order valence-electron chi connectivity index (χ0n) is 16.3. The molecule has 0 bridgehead atoms. The number of hydrogen-bond donors (Lipinski definition) is 1. The van der Waals surface area contributed by atoms with Gasteiger partial charge in [0.05, 0.1) is 16.1 Å². The molecule has 10 heteroatoms. The van der Waals surface area contributed by atoms with Crippen molar-refractivity contribution in [2.24, 2.45) is 0 Å². The highest BCUT2D eigenvalue weighted by molar-refractivity contribution is 7.99. The van der Waals surface area contributed by atoms with Gasteiger partial charge in [-0.1, -0.05) is 36.7 Å². The topological polar surface area (TPSA) is 92.3 Å². The summed E-state index contributed by atoms with van der Waals surface area (Å²) in [7, 11) is -3.55. The van der Waals surface area contributed by atoms with Gasteiger partial charge in [-0.3, -0.25) is 4.79 Å². The molecule has 1 aliphatic rings. The molecule has 7 nitrogen and oxygen atoms in total. The van der Waals surface area contributed by atoms with Crippen molar-refractivity contribution >= 4 is 45.0 Å². The van der Waals surface area contributed by atoms with Crippen LogP contribution in [-0.4, -0.2) is 46.9 Å². The number of anilines is 1. The van der Waals surface area contributed by atoms with E-state index in [4.69, 9.17) is 11.6 Å². The van der Waals surface area contributed by atoms with Crippen LogP contribution in [0, 0.1) is 0 Å². The molecule has 2 aromatic rings. The molecule has 0 radical (unpaired) electrons. The fraction of sp³-hybridized carbons (Fsp3) is 0.421. The molecule has 0 saturated carbocycles. The van der Waals surface area contributed by atoms with Crippen molar-refractivity contribution in [2.75, 3.05) is 17.6 Å². The molecule has 1 unspecified atom stereocenters. The molecule has 1 aromatic heterocycles. The van der Waals surface area contributed by atoms with Gasteiger partial charge in [-0.2, -0.15) is 4.31 Å². The Bertz CT molecular complexity index is 983. The maximum Gasteiger partial charge on any atom is 0.275 e. The summed E-state index contributed by atoms with van der Waals surface area (Å²) in [6, 6.07) is 6.13. The first-order valence-electron chi connectivity index (χ1n) is 9.41. The number of amides is 1. The second-order valence-corrected chi connectivity index (χ2v) is 10.3. The van der Waals surface area contributed by atoms with Crippen molar-refractivity contribution in [2.45, 2.75) is 49.2 Å². The van der Waals surface area contributed by atoms with Crippen LogP contribution in [0.5, 0.6) is 0 Å². The van der Waals surface area contributed by atoms with Crippen molar-refractivity contribution in [3.63, 3.8) is 0 Å². The van der Waals surface area contributed by atoms with Gasteiger partial charge < -0.3 is 5.32 Å². The fourth-order valence-corrected chi connectivity index (χ4v) is 5.59. The van der Waals surface area contributed by atoms with Crippen LogP contribution in [0.15, 0.2) is 40.5 Å². The number of hydrogen-bond acceptors (Lipinski definition) is 6. The van der Waals surface area contributed by atoms with Crippen LogP contribution in [0.2, 0.25) is 5.02 Å². The maximum atomic E-state index is 12.9. The zero-order chi connectivity index (χ0) is 21.0. The number of nitrogens with zero attached hydrogens (tertiary/aromatic N) is 3. The lowest BCUT2D eigenvalue weighted by Gasteiger charge is -2.32. The molecular weight excluding hydrogens is 432 g/mol. The highest BCUT2D eigenvalue weighted by Crippen LogP contribution is 2.26. The van der Waals surface area contributed by atoms with E-state index in [-0.39, 0.29) is 21.7 Å². The largest absolute Gasteiger partial charge is 0.321 e. The van der Waals surface area contributed by atoms with E-state index in [0.717, 1.165) is 25.0 Å². The Morgan fingerprint density at radius 3 is 2.69 bits per heavy atom. The van der Waals surface area contributed by atoms with E-state index < -0.39 is 15.9 Å². The Kier molecular flexibility index (Phi) is 7.15. The first-order chi connectivity index (χ1) is 13.8. The molecule has 29 heavy (non-hydrogen) atoms. The van der Waals surface area contributed by atoms with Gasteiger partial charge >= 0.3 is 0 Å². The number of piperidine rings is 1. The Balaban J connectivity index is 1.75. The summed E-state index contributed by atoms with van der Waals surface area (Å²) in [4.78, 5) is 21.0. The van der Waals surface area contributed by atoms with Crippen LogP contribution >= 0.6 is 23.4 Å². The van der Waals surface area contributed by atoms with Gasteiger partial charge in [0.1, 0.15) is 0 Å². The SMILES string of the molecule is CCSc1ncc(Cl)c(C(=O)Nc2ccc(S(=O)(=O)N3CCCCC3C)cc2)n1. The number of benzene rings is 1. The van der Waals surface area contributed by atoms with E-state index in [0.29, 0.717) is 17.4 Å². The third-order valence-corrected chi connectivity index (χ3v) is 7.72. The van der Waals surface area contributed by atoms with Crippen LogP contribution < -0.4 is 5.32 Å². The van der Waals surface area contributed by atoms with Crippen LogP contribution in [0.1, 0.15) is 43.6 Å². The van der Waals surface area contributed by atoms with Crippen LogP contribution in [0.3, 0.4) is 0 Å². The lowest BCUT2D eigenvalue weighted by atomic mass is 10.1. The molecule has 156 valence electrons. The molecule has 1 N–H and O–H groups in total. The Labute approximate surface area is 180 Å². The van der Waals surface area contributed by atoms with E-state index in [1.807, 2.05) is 13.8 Å². The van der Waals surface area contributed by atoms with Crippen molar-refractivity contribution in [3.05, 3.63) is 41.2 Å². The summed E-state index contributed by atoms with van der Waals surface area (Å²) in [5.74, 6) is 0.296. The maximum absolute atomic E-state index is 12.9. The van der Waals surface area contributed by atoms with Gasteiger partial charge in [0.2, 0.25) is 10.0 Å². The lowest BCUT2D eigenvalue weighted by molar-refractivity contribution is 0.102. The highest BCUT2D eigenvalue weighted by Gasteiger charge is 2.30. The van der Waals surface area contributed by atoms with E-state index in [1.165, 1.54) is 30.1 Å². The number of aromatic nitrogens is 2. The second kappa shape index (κ2) is 9.42. The third-order valence-electron chi connectivity index (χ3n) is 4.67. The first kappa shape index (κ1) is 22.0. The summed E-state index contributed by atoms with van der Waals surface area (Å²) in [6.45, 7) is 4.43. The molecule has 2 heterocycles. The molecule has 3 rings (SSSR count). The predicted octanol–water partition coefficient (Wildman–Crippen LogP) is 4.06.